The third kappa shape index (κ3) is 3.28. The molecule has 1 heterocycles. The summed E-state index contributed by atoms with van der Waals surface area (Å²) in [5.74, 6) is 1.49. The van der Waals surface area contributed by atoms with Crippen molar-refractivity contribution >= 4 is 11.6 Å². The Morgan fingerprint density at radius 2 is 2.26 bits per heavy atom. The van der Waals surface area contributed by atoms with Gasteiger partial charge in [-0.3, -0.25) is 0 Å². The molecule has 0 aliphatic heterocycles. The van der Waals surface area contributed by atoms with Gasteiger partial charge in [0.15, 0.2) is 0 Å². The van der Waals surface area contributed by atoms with Crippen molar-refractivity contribution in [2.24, 2.45) is 0 Å². The largest absolute Gasteiger partial charge is 0.485 e. The molecule has 0 aliphatic carbocycles. The molecule has 4 nitrogen and oxygen atoms in total. The fourth-order valence-electron chi connectivity index (χ4n) is 1.89. The number of aliphatic hydroxyl groups excluding tert-OH is 1. The number of imidazole rings is 1. The zero-order valence-electron chi connectivity index (χ0n) is 11.0. The van der Waals surface area contributed by atoms with Crippen LogP contribution < -0.4 is 4.74 Å². The van der Waals surface area contributed by atoms with E-state index in [0.717, 1.165) is 12.4 Å². The Kier molecular flexibility index (Phi) is 4.45. The van der Waals surface area contributed by atoms with Gasteiger partial charge in [0, 0.05) is 29.5 Å². The summed E-state index contributed by atoms with van der Waals surface area (Å²) in [7, 11) is 0. The van der Waals surface area contributed by atoms with Crippen LogP contribution in [0, 0.1) is 0 Å². The van der Waals surface area contributed by atoms with Gasteiger partial charge in [-0.25, -0.2) is 4.98 Å². The lowest BCUT2D eigenvalue weighted by molar-refractivity contribution is 0.189. The van der Waals surface area contributed by atoms with Crippen LogP contribution in [0.15, 0.2) is 30.6 Å². The third-order valence-corrected chi connectivity index (χ3v) is 3.16. The fourth-order valence-corrected chi connectivity index (χ4v) is 2.07. The molecule has 0 spiro atoms. The molecule has 1 unspecified atom stereocenters. The van der Waals surface area contributed by atoms with Gasteiger partial charge < -0.3 is 14.4 Å². The molecule has 2 aromatic rings. The molecule has 1 aromatic heterocycles. The van der Waals surface area contributed by atoms with Crippen molar-refractivity contribution < 1.29 is 9.84 Å². The summed E-state index contributed by atoms with van der Waals surface area (Å²) in [6, 6.07) is 5.23. The van der Waals surface area contributed by atoms with Crippen molar-refractivity contribution in [1.29, 1.82) is 0 Å². The topological polar surface area (TPSA) is 47.3 Å². The molecular weight excluding hydrogens is 264 g/mol. The van der Waals surface area contributed by atoms with Crippen LogP contribution in [-0.4, -0.2) is 14.7 Å². The molecule has 1 aromatic carbocycles. The maximum atomic E-state index is 9.73. The first-order valence-electron chi connectivity index (χ1n) is 6.22. The first kappa shape index (κ1) is 13.9. The smallest absolute Gasteiger partial charge is 0.146 e. The van der Waals surface area contributed by atoms with Gasteiger partial charge in [-0.1, -0.05) is 11.6 Å². The van der Waals surface area contributed by atoms with Crippen LogP contribution in [0.3, 0.4) is 0 Å². The average molecular weight is 281 g/mol. The maximum absolute atomic E-state index is 9.73. The second-order valence-corrected chi connectivity index (χ2v) is 4.71. The Balaban J connectivity index is 2.15. The lowest BCUT2D eigenvalue weighted by Crippen LogP contribution is -2.07. The number of hydrogen-bond donors (Lipinski definition) is 1. The summed E-state index contributed by atoms with van der Waals surface area (Å²) in [5.41, 5.74) is 0.683. The van der Waals surface area contributed by atoms with Gasteiger partial charge in [-0.2, -0.15) is 0 Å². The summed E-state index contributed by atoms with van der Waals surface area (Å²) in [4.78, 5) is 4.24. The highest BCUT2D eigenvalue weighted by Crippen LogP contribution is 2.28. The molecule has 0 amide bonds. The van der Waals surface area contributed by atoms with E-state index in [-0.39, 0.29) is 0 Å². The fraction of sp³-hybridized carbons (Fsp3) is 0.357. The molecule has 0 fully saturated rings. The van der Waals surface area contributed by atoms with Crippen molar-refractivity contribution in [2.75, 3.05) is 0 Å². The van der Waals surface area contributed by atoms with Gasteiger partial charge in [0.05, 0.1) is 6.10 Å². The molecule has 19 heavy (non-hydrogen) atoms. The van der Waals surface area contributed by atoms with Gasteiger partial charge in [-0.05, 0) is 32.0 Å². The molecule has 0 aliphatic rings. The number of benzene rings is 1. The predicted octanol–water partition coefficient (Wildman–Crippen LogP) is 3.19. The Morgan fingerprint density at radius 1 is 1.47 bits per heavy atom. The maximum Gasteiger partial charge on any atom is 0.146 e. The van der Waals surface area contributed by atoms with E-state index < -0.39 is 6.10 Å². The quantitative estimate of drug-likeness (QED) is 0.915. The monoisotopic (exact) mass is 280 g/mol. The molecule has 0 saturated heterocycles. The minimum Gasteiger partial charge on any atom is -0.485 e. The highest BCUT2D eigenvalue weighted by Gasteiger charge is 2.11. The summed E-state index contributed by atoms with van der Waals surface area (Å²) in [6.45, 7) is 4.95. The number of nitrogens with zero attached hydrogens (tertiary/aromatic N) is 2. The molecule has 1 N–H and O–H groups in total. The van der Waals surface area contributed by atoms with Crippen LogP contribution in [-0.2, 0) is 13.2 Å². The van der Waals surface area contributed by atoms with E-state index in [0.29, 0.717) is 22.9 Å². The zero-order valence-corrected chi connectivity index (χ0v) is 11.8. The second kappa shape index (κ2) is 6.08. The predicted molar refractivity (Wildman–Crippen MR) is 74.3 cm³/mol. The summed E-state index contributed by atoms with van der Waals surface area (Å²) < 4.78 is 7.75. The van der Waals surface area contributed by atoms with Crippen molar-refractivity contribution in [1.82, 2.24) is 9.55 Å². The van der Waals surface area contributed by atoms with Crippen molar-refractivity contribution in [3.05, 3.63) is 47.0 Å². The van der Waals surface area contributed by atoms with Crippen LogP contribution >= 0.6 is 11.6 Å². The number of halogens is 1. The van der Waals surface area contributed by atoms with E-state index in [9.17, 15) is 5.11 Å². The number of hydrogen-bond acceptors (Lipinski definition) is 3. The third-order valence-electron chi connectivity index (χ3n) is 2.92. The van der Waals surface area contributed by atoms with E-state index >= 15 is 0 Å². The normalized spacial score (nSPS) is 12.4. The Labute approximate surface area is 117 Å². The van der Waals surface area contributed by atoms with Crippen molar-refractivity contribution in [3.8, 4) is 5.75 Å². The van der Waals surface area contributed by atoms with E-state index in [1.807, 2.05) is 10.8 Å². The SMILES string of the molecule is CCn1ccnc1COc1ccc(Cl)cc1C(C)O. The van der Waals surface area contributed by atoms with Crippen LogP contribution in [0.25, 0.3) is 0 Å². The lowest BCUT2D eigenvalue weighted by atomic mass is 10.1. The van der Waals surface area contributed by atoms with E-state index in [4.69, 9.17) is 16.3 Å². The first-order chi connectivity index (χ1) is 9.11. The lowest BCUT2D eigenvalue weighted by Gasteiger charge is -2.14. The zero-order chi connectivity index (χ0) is 13.8. The van der Waals surface area contributed by atoms with Gasteiger partial charge in [0.2, 0.25) is 0 Å². The van der Waals surface area contributed by atoms with Crippen LogP contribution in [0.4, 0.5) is 0 Å². The number of rotatable bonds is 5. The molecular formula is C14H17ClN2O2. The Morgan fingerprint density at radius 3 is 2.95 bits per heavy atom. The molecule has 2 rings (SSSR count). The standard InChI is InChI=1S/C14H17ClN2O2/c1-3-17-7-6-16-14(17)9-19-13-5-4-11(15)8-12(13)10(2)18/h4-8,10,18H,3,9H2,1-2H3. The Bertz CT molecular complexity index is 552. The number of aryl methyl sites for hydroxylation is 1. The summed E-state index contributed by atoms with van der Waals surface area (Å²) >= 11 is 5.93. The summed E-state index contributed by atoms with van der Waals surface area (Å²) in [5, 5.41) is 10.3. The van der Waals surface area contributed by atoms with Gasteiger partial charge >= 0.3 is 0 Å². The van der Waals surface area contributed by atoms with E-state index in [2.05, 4.69) is 11.9 Å². The minimum absolute atomic E-state index is 0.363. The molecule has 0 saturated carbocycles. The first-order valence-corrected chi connectivity index (χ1v) is 6.60. The van der Waals surface area contributed by atoms with Gasteiger partial charge in [0.25, 0.3) is 0 Å². The van der Waals surface area contributed by atoms with E-state index in [1.165, 1.54) is 0 Å². The molecule has 5 heteroatoms. The van der Waals surface area contributed by atoms with E-state index in [1.54, 1.807) is 31.3 Å². The molecule has 1 atom stereocenters. The van der Waals surface area contributed by atoms with Gasteiger partial charge in [0.1, 0.15) is 18.2 Å². The summed E-state index contributed by atoms with van der Waals surface area (Å²) in [6.07, 6.45) is 3.04. The molecule has 102 valence electrons. The number of aromatic nitrogens is 2. The highest BCUT2D eigenvalue weighted by molar-refractivity contribution is 6.30. The number of ether oxygens (including phenoxy) is 1. The highest BCUT2D eigenvalue weighted by atomic mass is 35.5. The van der Waals surface area contributed by atoms with Crippen molar-refractivity contribution in [3.63, 3.8) is 0 Å². The van der Waals surface area contributed by atoms with Crippen molar-refractivity contribution in [2.45, 2.75) is 33.1 Å². The second-order valence-electron chi connectivity index (χ2n) is 4.28. The average Bonchev–Trinajstić information content (AvgIpc) is 2.84. The van der Waals surface area contributed by atoms with Gasteiger partial charge in [-0.15, -0.1) is 0 Å². The minimum atomic E-state index is -0.625. The van der Waals surface area contributed by atoms with Crippen LogP contribution in [0.1, 0.15) is 31.3 Å². The van der Waals surface area contributed by atoms with Crippen LogP contribution in [0.5, 0.6) is 5.75 Å². The molecule has 0 bridgehead atoms. The molecule has 0 radical (unpaired) electrons. The Hall–Kier alpha value is -1.52. The van der Waals surface area contributed by atoms with Crippen LogP contribution in [0.2, 0.25) is 5.02 Å². The number of aliphatic hydroxyl groups is 1.